The summed E-state index contributed by atoms with van der Waals surface area (Å²) in [4.78, 5) is 0. The Labute approximate surface area is 98.9 Å². The highest BCUT2D eigenvalue weighted by atomic mass is 35.5. The highest BCUT2D eigenvalue weighted by molar-refractivity contribution is 6.31. The zero-order valence-corrected chi connectivity index (χ0v) is 9.78. The summed E-state index contributed by atoms with van der Waals surface area (Å²) in [5, 5.41) is 13.5. The SMILES string of the molecule is Cc1ccc(-n2nc(C)c(C#N)c2Cl)cc1. The summed E-state index contributed by atoms with van der Waals surface area (Å²) in [6.45, 7) is 3.79. The van der Waals surface area contributed by atoms with Crippen molar-refractivity contribution in [2.75, 3.05) is 0 Å². The average Bonchev–Trinajstić information content (AvgIpc) is 2.55. The second-order valence-electron chi connectivity index (χ2n) is 3.61. The minimum Gasteiger partial charge on any atom is -0.221 e. The van der Waals surface area contributed by atoms with Crippen LogP contribution in [0.2, 0.25) is 5.15 Å². The van der Waals surface area contributed by atoms with Gasteiger partial charge in [-0.2, -0.15) is 10.4 Å². The minimum atomic E-state index is 0.365. The third-order valence-electron chi connectivity index (χ3n) is 2.39. The molecule has 0 spiro atoms. The summed E-state index contributed by atoms with van der Waals surface area (Å²) in [5.41, 5.74) is 3.11. The maximum absolute atomic E-state index is 8.92. The van der Waals surface area contributed by atoms with Crippen LogP contribution in [-0.2, 0) is 0 Å². The number of hydrogen-bond acceptors (Lipinski definition) is 2. The Morgan fingerprint density at radius 3 is 2.38 bits per heavy atom. The van der Waals surface area contributed by atoms with Gasteiger partial charge in [0.25, 0.3) is 0 Å². The van der Waals surface area contributed by atoms with Gasteiger partial charge in [-0.05, 0) is 26.0 Å². The quantitative estimate of drug-likeness (QED) is 0.757. The van der Waals surface area contributed by atoms with Crippen LogP contribution >= 0.6 is 11.6 Å². The Morgan fingerprint density at radius 2 is 1.88 bits per heavy atom. The van der Waals surface area contributed by atoms with E-state index in [-0.39, 0.29) is 0 Å². The molecule has 0 bridgehead atoms. The first-order valence-electron chi connectivity index (χ1n) is 4.85. The van der Waals surface area contributed by atoms with Gasteiger partial charge in [0.2, 0.25) is 0 Å². The average molecular weight is 232 g/mol. The van der Waals surface area contributed by atoms with Crippen molar-refractivity contribution in [1.29, 1.82) is 5.26 Å². The molecular weight excluding hydrogens is 222 g/mol. The maximum Gasteiger partial charge on any atom is 0.150 e. The zero-order chi connectivity index (χ0) is 11.7. The third-order valence-corrected chi connectivity index (χ3v) is 2.74. The van der Waals surface area contributed by atoms with Crippen molar-refractivity contribution in [2.24, 2.45) is 0 Å². The van der Waals surface area contributed by atoms with Crippen molar-refractivity contribution in [3.8, 4) is 11.8 Å². The van der Waals surface area contributed by atoms with Crippen LogP contribution in [0.1, 0.15) is 16.8 Å². The number of nitrogens with zero attached hydrogens (tertiary/aromatic N) is 3. The summed E-state index contributed by atoms with van der Waals surface area (Å²) in [5.74, 6) is 0. The fourth-order valence-electron chi connectivity index (χ4n) is 1.48. The van der Waals surface area contributed by atoms with Crippen LogP contribution in [0, 0.1) is 25.2 Å². The lowest BCUT2D eigenvalue weighted by Gasteiger charge is -2.02. The standard InChI is InChI=1S/C12H10ClN3/c1-8-3-5-10(6-4-8)16-12(13)11(7-14)9(2)15-16/h3-6H,1-2H3. The summed E-state index contributed by atoms with van der Waals surface area (Å²) < 4.78 is 1.58. The predicted molar refractivity (Wildman–Crippen MR) is 62.8 cm³/mol. The third kappa shape index (κ3) is 1.68. The van der Waals surface area contributed by atoms with E-state index in [9.17, 15) is 0 Å². The van der Waals surface area contributed by atoms with E-state index in [2.05, 4.69) is 5.10 Å². The van der Waals surface area contributed by atoms with Gasteiger partial charge in [0.15, 0.2) is 5.15 Å². The second kappa shape index (κ2) is 3.99. The first kappa shape index (κ1) is 10.7. The molecule has 1 heterocycles. The van der Waals surface area contributed by atoms with Crippen molar-refractivity contribution in [3.63, 3.8) is 0 Å². The Kier molecular flexibility index (Phi) is 2.67. The topological polar surface area (TPSA) is 41.6 Å². The van der Waals surface area contributed by atoms with Crippen LogP contribution in [-0.4, -0.2) is 9.78 Å². The predicted octanol–water partition coefficient (Wildman–Crippen LogP) is 3.01. The minimum absolute atomic E-state index is 0.365. The maximum atomic E-state index is 8.92. The summed E-state index contributed by atoms with van der Waals surface area (Å²) in [6, 6.07) is 9.86. The molecule has 0 saturated heterocycles. The molecule has 2 aromatic rings. The van der Waals surface area contributed by atoms with Crippen molar-refractivity contribution in [3.05, 3.63) is 46.2 Å². The van der Waals surface area contributed by atoms with Gasteiger partial charge in [-0.25, -0.2) is 4.68 Å². The van der Waals surface area contributed by atoms with E-state index in [1.807, 2.05) is 37.3 Å². The zero-order valence-electron chi connectivity index (χ0n) is 9.03. The van der Waals surface area contributed by atoms with E-state index in [0.717, 1.165) is 5.69 Å². The monoisotopic (exact) mass is 231 g/mol. The van der Waals surface area contributed by atoms with Gasteiger partial charge in [-0.15, -0.1) is 0 Å². The molecule has 0 atom stereocenters. The van der Waals surface area contributed by atoms with Gasteiger partial charge >= 0.3 is 0 Å². The molecule has 3 nitrogen and oxygen atoms in total. The molecule has 1 aromatic heterocycles. The number of nitriles is 1. The molecule has 80 valence electrons. The van der Waals surface area contributed by atoms with Gasteiger partial charge in [-0.3, -0.25) is 0 Å². The molecule has 16 heavy (non-hydrogen) atoms. The molecular formula is C12H10ClN3. The fourth-order valence-corrected chi connectivity index (χ4v) is 1.80. The first-order chi connectivity index (χ1) is 7.63. The van der Waals surface area contributed by atoms with Gasteiger partial charge < -0.3 is 0 Å². The molecule has 4 heteroatoms. The van der Waals surface area contributed by atoms with Crippen LogP contribution in [0.4, 0.5) is 0 Å². The van der Waals surface area contributed by atoms with Crippen molar-refractivity contribution < 1.29 is 0 Å². The van der Waals surface area contributed by atoms with Crippen molar-refractivity contribution in [2.45, 2.75) is 13.8 Å². The van der Waals surface area contributed by atoms with Crippen LogP contribution < -0.4 is 0 Å². The van der Waals surface area contributed by atoms with E-state index in [1.165, 1.54) is 5.56 Å². The lowest BCUT2D eigenvalue weighted by molar-refractivity contribution is 0.863. The van der Waals surface area contributed by atoms with Crippen LogP contribution in [0.15, 0.2) is 24.3 Å². The van der Waals surface area contributed by atoms with E-state index in [0.29, 0.717) is 16.4 Å². The largest absolute Gasteiger partial charge is 0.221 e. The summed E-state index contributed by atoms with van der Waals surface area (Å²) in [6.07, 6.45) is 0. The van der Waals surface area contributed by atoms with E-state index < -0.39 is 0 Å². The molecule has 0 aliphatic heterocycles. The number of rotatable bonds is 1. The molecule has 0 unspecified atom stereocenters. The first-order valence-corrected chi connectivity index (χ1v) is 5.23. The Hall–Kier alpha value is -1.79. The lowest BCUT2D eigenvalue weighted by atomic mass is 10.2. The van der Waals surface area contributed by atoms with Crippen LogP contribution in [0.5, 0.6) is 0 Å². The molecule has 0 fully saturated rings. The van der Waals surface area contributed by atoms with Crippen molar-refractivity contribution in [1.82, 2.24) is 9.78 Å². The van der Waals surface area contributed by atoms with Crippen LogP contribution in [0.3, 0.4) is 0 Å². The number of aromatic nitrogens is 2. The normalized spacial score (nSPS) is 10.1. The second-order valence-corrected chi connectivity index (χ2v) is 3.97. The van der Waals surface area contributed by atoms with Crippen molar-refractivity contribution >= 4 is 11.6 Å². The van der Waals surface area contributed by atoms with Crippen LogP contribution in [0.25, 0.3) is 5.69 Å². The highest BCUT2D eigenvalue weighted by Crippen LogP contribution is 2.22. The van der Waals surface area contributed by atoms with Gasteiger partial charge in [-0.1, -0.05) is 29.3 Å². The highest BCUT2D eigenvalue weighted by Gasteiger charge is 2.13. The molecule has 0 saturated carbocycles. The molecule has 0 amide bonds. The fraction of sp³-hybridized carbons (Fsp3) is 0.167. The molecule has 0 aliphatic rings. The Bertz CT molecular complexity index is 561. The number of hydrogen-bond donors (Lipinski definition) is 0. The molecule has 0 N–H and O–H groups in total. The molecule has 1 aromatic carbocycles. The smallest absolute Gasteiger partial charge is 0.150 e. The van der Waals surface area contributed by atoms with Gasteiger partial charge in [0, 0.05) is 0 Å². The number of benzene rings is 1. The number of aryl methyl sites for hydroxylation is 2. The summed E-state index contributed by atoms with van der Waals surface area (Å²) >= 11 is 6.08. The van der Waals surface area contributed by atoms with Gasteiger partial charge in [0.1, 0.15) is 11.6 Å². The molecule has 0 radical (unpaired) electrons. The van der Waals surface area contributed by atoms with E-state index >= 15 is 0 Å². The number of halogens is 1. The molecule has 0 aliphatic carbocycles. The van der Waals surface area contributed by atoms with E-state index in [4.69, 9.17) is 16.9 Å². The van der Waals surface area contributed by atoms with E-state index in [1.54, 1.807) is 11.6 Å². The lowest BCUT2D eigenvalue weighted by Crippen LogP contribution is -1.96. The molecule has 2 rings (SSSR count). The Morgan fingerprint density at radius 1 is 1.25 bits per heavy atom. The summed E-state index contributed by atoms with van der Waals surface area (Å²) in [7, 11) is 0. The van der Waals surface area contributed by atoms with Gasteiger partial charge in [0.05, 0.1) is 11.4 Å². The Balaban J connectivity index is 2.58.